The van der Waals surface area contributed by atoms with Gasteiger partial charge in [0, 0.05) is 6.42 Å². The summed E-state index contributed by atoms with van der Waals surface area (Å²) in [6.07, 6.45) is 60.5. The van der Waals surface area contributed by atoms with Crippen molar-refractivity contribution in [1.82, 2.24) is 5.32 Å². The molecule has 102 heavy (non-hydrogen) atoms. The molecule has 17 unspecified atom stereocenters. The number of rotatable bonds is 61. The molecule has 3 aliphatic rings. The van der Waals surface area contributed by atoms with Gasteiger partial charge in [-0.1, -0.05) is 277 Å². The second kappa shape index (κ2) is 62.3. The highest BCUT2D eigenvalue weighted by molar-refractivity contribution is 5.76. The van der Waals surface area contributed by atoms with Crippen LogP contribution in [0.3, 0.4) is 0 Å². The number of hydrogen-bond donors (Lipinski definition) is 12. The Hall–Kier alpha value is -3.81. The lowest BCUT2D eigenvalue weighted by Crippen LogP contribution is -2.66. The summed E-state index contributed by atoms with van der Waals surface area (Å²) >= 11 is 0. The molecule has 0 saturated carbocycles. The van der Waals surface area contributed by atoms with Gasteiger partial charge in [-0.3, -0.25) is 4.79 Å². The van der Waals surface area contributed by atoms with E-state index >= 15 is 0 Å². The molecular formula is C83H141NO18. The van der Waals surface area contributed by atoms with Crippen molar-refractivity contribution in [3.05, 3.63) is 122 Å². The van der Waals surface area contributed by atoms with Gasteiger partial charge in [0.1, 0.15) is 73.2 Å². The Morgan fingerprint density at radius 2 is 0.686 bits per heavy atom. The van der Waals surface area contributed by atoms with Gasteiger partial charge in [0.15, 0.2) is 18.9 Å². The number of unbranched alkanes of at least 4 members (excludes halogenated alkanes) is 27. The maximum Gasteiger partial charge on any atom is 0.220 e. The zero-order valence-corrected chi connectivity index (χ0v) is 62.5. The van der Waals surface area contributed by atoms with Crippen LogP contribution in [0.15, 0.2) is 122 Å². The normalized spacial score (nSPS) is 26.9. The Kier molecular flexibility index (Phi) is 56.4. The molecule has 0 radical (unpaired) electrons. The van der Waals surface area contributed by atoms with Crippen molar-refractivity contribution in [2.75, 3.05) is 26.4 Å². The molecule has 0 aliphatic carbocycles. The molecule has 3 saturated heterocycles. The second-order valence-electron chi connectivity index (χ2n) is 27.8. The van der Waals surface area contributed by atoms with Gasteiger partial charge in [-0.25, -0.2) is 0 Å². The number of aliphatic hydroxyl groups is 11. The second-order valence-corrected chi connectivity index (χ2v) is 27.8. The summed E-state index contributed by atoms with van der Waals surface area (Å²) in [7, 11) is 0. The van der Waals surface area contributed by atoms with E-state index in [9.17, 15) is 61.0 Å². The molecule has 0 aromatic heterocycles. The van der Waals surface area contributed by atoms with Crippen molar-refractivity contribution in [2.24, 2.45) is 0 Å². The van der Waals surface area contributed by atoms with Gasteiger partial charge >= 0.3 is 0 Å². The first-order chi connectivity index (χ1) is 49.8. The minimum absolute atomic E-state index is 0.227. The van der Waals surface area contributed by atoms with Gasteiger partial charge in [-0.15, -0.1) is 0 Å². The molecule has 0 bridgehead atoms. The average Bonchev–Trinajstić information content (AvgIpc) is 0.781. The predicted octanol–water partition coefficient (Wildman–Crippen LogP) is 13.1. The predicted molar refractivity (Wildman–Crippen MR) is 406 cm³/mol. The highest BCUT2D eigenvalue weighted by Gasteiger charge is 2.53. The van der Waals surface area contributed by atoms with E-state index in [1.165, 1.54) is 141 Å². The molecule has 0 spiro atoms. The molecule has 3 heterocycles. The van der Waals surface area contributed by atoms with Crippen LogP contribution in [0, 0.1) is 0 Å². The zero-order chi connectivity index (χ0) is 73.9. The standard InChI is InChI=1S/C83H141NO18/c1-3-5-7-9-11-13-15-17-19-21-23-24-25-26-27-28-29-30-31-32-33-34-35-36-37-38-39-40-41-42-43-45-47-49-51-53-55-57-59-61-71(89)84-66(67(88)60-58-56-54-52-50-48-46-44-22-20-18-16-14-12-10-8-6-4-2)65-97-81-77(95)74(92)79(69(63-86)99-81)102-83-78(96)75(93)80(70(64-87)100-83)101-82-76(94)73(91)72(90)68(62-85)98-82/h5,7,11,13,17,19,22-24,26-27,29-30,32-33,44,50,52,58,60,66-70,72-83,85-88,90-96H,3-4,6,8-10,12,14-16,18,20-21,25,28,31,34-43,45-49,51,53-57,59,61-65H2,1-2H3,(H,84,89)/b7-5-,13-11-,19-17-,24-23-,27-26-,30-29-,33-32-,44-22+,52-50+,60-58+. The summed E-state index contributed by atoms with van der Waals surface area (Å²) in [5.74, 6) is -0.291. The molecular weight excluding hydrogens is 1300 g/mol. The fourth-order valence-electron chi connectivity index (χ4n) is 12.6. The first-order valence-electron chi connectivity index (χ1n) is 39.8. The largest absolute Gasteiger partial charge is 0.394 e. The highest BCUT2D eigenvalue weighted by atomic mass is 16.8. The van der Waals surface area contributed by atoms with Crippen LogP contribution < -0.4 is 5.32 Å². The maximum atomic E-state index is 13.5. The first-order valence-corrected chi connectivity index (χ1v) is 39.8. The van der Waals surface area contributed by atoms with Gasteiger partial charge in [0.25, 0.3) is 0 Å². The first kappa shape index (κ1) is 92.4. The molecule has 0 aromatic rings. The molecule has 3 rings (SSSR count). The summed E-state index contributed by atoms with van der Waals surface area (Å²) in [5.41, 5.74) is 0. The summed E-state index contributed by atoms with van der Waals surface area (Å²) < 4.78 is 34.4. The van der Waals surface area contributed by atoms with Gasteiger partial charge in [0.05, 0.1) is 38.6 Å². The lowest BCUT2D eigenvalue weighted by atomic mass is 9.96. The zero-order valence-electron chi connectivity index (χ0n) is 62.5. The molecule has 12 N–H and O–H groups in total. The number of ether oxygens (including phenoxy) is 6. The van der Waals surface area contributed by atoms with Crippen LogP contribution >= 0.6 is 0 Å². The van der Waals surface area contributed by atoms with Crippen LogP contribution in [0.25, 0.3) is 0 Å². The van der Waals surface area contributed by atoms with Crippen LogP contribution in [0.2, 0.25) is 0 Å². The van der Waals surface area contributed by atoms with Crippen LogP contribution in [-0.4, -0.2) is 193 Å². The van der Waals surface area contributed by atoms with E-state index in [1.54, 1.807) is 6.08 Å². The van der Waals surface area contributed by atoms with Crippen molar-refractivity contribution >= 4 is 5.91 Å². The number of allylic oxidation sites excluding steroid dienone is 19. The molecule has 17 atom stereocenters. The third-order valence-corrected chi connectivity index (χ3v) is 19.0. The number of amides is 1. The van der Waals surface area contributed by atoms with Crippen molar-refractivity contribution in [2.45, 2.75) is 369 Å². The van der Waals surface area contributed by atoms with Gasteiger partial charge in [-0.05, 0) is 103 Å². The van der Waals surface area contributed by atoms with Gasteiger partial charge in [0.2, 0.25) is 5.91 Å². The quantitative estimate of drug-likeness (QED) is 0.0199. The Balaban J connectivity index is 1.34. The van der Waals surface area contributed by atoms with E-state index < -0.39 is 124 Å². The lowest BCUT2D eigenvalue weighted by molar-refractivity contribution is -0.379. The van der Waals surface area contributed by atoms with E-state index in [1.807, 2.05) is 6.08 Å². The Morgan fingerprint density at radius 1 is 0.363 bits per heavy atom. The number of aliphatic hydroxyl groups excluding tert-OH is 11. The molecule has 586 valence electrons. The number of nitrogens with one attached hydrogen (secondary N) is 1. The summed E-state index contributed by atoms with van der Waals surface area (Å²) in [5, 5.41) is 121. The van der Waals surface area contributed by atoms with E-state index in [0.717, 1.165) is 89.9 Å². The number of hydrogen-bond acceptors (Lipinski definition) is 18. The van der Waals surface area contributed by atoms with E-state index in [4.69, 9.17) is 28.4 Å². The van der Waals surface area contributed by atoms with Crippen LogP contribution in [-0.2, 0) is 33.2 Å². The number of carbonyl (C=O) groups excluding carboxylic acids is 1. The SMILES string of the molecule is CC/C=C\C/C=C\C/C=C\C/C=C\C/C=C\C/C=C\C/C=C\CCCCCCCCCCCCCCCCCCCC(=O)NC(COC1OC(CO)C(OC2OC(CO)C(OC3OC(CO)C(O)C(O)C3O)C(O)C2O)C(O)C1O)C(O)/C=C/CC/C=C/CC/C=C/CCCCCCCCCC. The van der Waals surface area contributed by atoms with E-state index in [0.29, 0.717) is 12.8 Å². The summed E-state index contributed by atoms with van der Waals surface area (Å²) in [4.78, 5) is 13.5. The Bertz CT molecular complexity index is 2320. The molecule has 0 aromatic carbocycles. The van der Waals surface area contributed by atoms with E-state index in [2.05, 4.69) is 129 Å². The van der Waals surface area contributed by atoms with E-state index in [-0.39, 0.29) is 18.9 Å². The van der Waals surface area contributed by atoms with Crippen LogP contribution in [0.5, 0.6) is 0 Å². The lowest BCUT2D eigenvalue weighted by Gasteiger charge is -2.48. The third-order valence-electron chi connectivity index (χ3n) is 19.0. The molecule has 3 aliphatic heterocycles. The van der Waals surface area contributed by atoms with Gasteiger partial charge < -0.3 is 89.9 Å². The van der Waals surface area contributed by atoms with Crippen LogP contribution in [0.1, 0.15) is 264 Å². The van der Waals surface area contributed by atoms with Gasteiger partial charge in [-0.2, -0.15) is 0 Å². The van der Waals surface area contributed by atoms with Crippen molar-refractivity contribution in [1.29, 1.82) is 0 Å². The highest BCUT2D eigenvalue weighted by Crippen LogP contribution is 2.33. The molecule has 19 heteroatoms. The molecule has 19 nitrogen and oxygen atoms in total. The average molecular weight is 1440 g/mol. The minimum atomic E-state index is -1.99. The summed E-state index contributed by atoms with van der Waals surface area (Å²) in [6, 6.07) is -1.00. The molecule has 1 amide bonds. The third kappa shape index (κ3) is 41.9. The fraction of sp³-hybridized carbons (Fsp3) is 0.747. The maximum absolute atomic E-state index is 13.5. The smallest absolute Gasteiger partial charge is 0.220 e. The summed E-state index contributed by atoms with van der Waals surface area (Å²) in [6.45, 7) is 1.59. The van der Waals surface area contributed by atoms with Crippen molar-refractivity contribution in [3.8, 4) is 0 Å². The fourth-order valence-corrected chi connectivity index (χ4v) is 12.6. The van der Waals surface area contributed by atoms with Crippen LogP contribution in [0.4, 0.5) is 0 Å². The van der Waals surface area contributed by atoms with Crippen molar-refractivity contribution < 1.29 is 89.4 Å². The topological polar surface area (TPSA) is 307 Å². The Labute approximate surface area is 614 Å². The van der Waals surface area contributed by atoms with Crippen molar-refractivity contribution in [3.63, 3.8) is 0 Å². The minimum Gasteiger partial charge on any atom is -0.394 e. The number of carbonyl (C=O) groups is 1. The monoisotopic (exact) mass is 1440 g/mol. The molecule has 3 fully saturated rings. The Morgan fingerprint density at radius 3 is 1.10 bits per heavy atom.